The van der Waals surface area contributed by atoms with E-state index in [1.165, 1.54) is 4.90 Å². The summed E-state index contributed by atoms with van der Waals surface area (Å²) in [4.78, 5) is 37.2. The summed E-state index contributed by atoms with van der Waals surface area (Å²) in [6.07, 6.45) is 2.57. The predicted octanol–water partition coefficient (Wildman–Crippen LogP) is -0.362. The average molecular weight is 267 g/mol. The van der Waals surface area contributed by atoms with Gasteiger partial charge in [-0.3, -0.25) is 19.7 Å². The Morgan fingerprint density at radius 3 is 2.79 bits per heavy atom. The first-order valence-corrected chi connectivity index (χ1v) is 6.92. The number of nitrogens with zero attached hydrogens (tertiary/aromatic N) is 1. The third-order valence-corrected chi connectivity index (χ3v) is 3.96. The van der Waals surface area contributed by atoms with Crippen molar-refractivity contribution in [3.8, 4) is 0 Å². The van der Waals surface area contributed by atoms with Crippen molar-refractivity contribution in [3.05, 3.63) is 0 Å². The fourth-order valence-electron chi connectivity index (χ4n) is 2.86. The topological polar surface area (TPSA) is 78.5 Å². The molecule has 2 heterocycles. The molecule has 2 aliphatic heterocycles. The number of amides is 3. The van der Waals surface area contributed by atoms with Gasteiger partial charge in [-0.15, -0.1) is 0 Å². The molecule has 106 valence electrons. The van der Waals surface area contributed by atoms with Crippen molar-refractivity contribution in [2.75, 3.05) is 13.1 Å². The standard InChI is InChI=1S/C13H21N3O3/c1-3-9-12(18)15-10(17)7-16(9)13(19)11-8(2)5-4-6-14-11/h8-9,11,14H,3-7H2,1-2H3,(H,15,17,18). The van der Waals surface area contributed by atoms with Crippen molar-refractivity contribution in [1.29, 1.82) is 0 Å². The summed E-state index contributed by atoms with van der Waals surface area (Å²) in [7, 11) is 0. The van der Waals surface area contributed by atoms with Crippen molar-refractivity contribution in [3.63, 3.8) is 0 Å². The molecule has 2 rings (SSSR count). The Kier molecular flexibility index (Phi) is 4.19. The lowest BCUT2D eigenvalue weighted by Crippen LogP contribution is -2.63. The molecule has 0 bridgehead atoms. The van der Waals surface area contributed by atoms with Crippen molar-refractivity contribution in [2.45, 2.75) is 45.2 Å². The van der Waals surface area contributed by atoms with E-state index in [-0.39, 0.29) is 30.3 Å². The van der Waals surface area contributed by atoms with Crippen LogP contribution in [0.25, 0.3) is 0 Å². The van der Waals surface area contributed by atoms with Crippen molar-refractivity contribution >= 4 is 17.7 Å². The van der Waals surface area contributed by atoms with Gasteiger partial charge in [0.1, 0.15) is 12.6 Å². The maximum Gasteiger partial charge on any atom is 0.249 e. The van der Waals surface area contributed by atoms with Crippen molar-refractivity contribution in [2.24, 2.45) is 5.92 Å². The Morgan fingerprint density at radius 2 is 2.16 bits per heavy atom. The Bertz CT molecular complexity index is 397. The molecular formula is C13H21N3O3. The molecule has 0 saturated carbocycles. The highest BCUT2D eigenvalue weighted by Gasteiger charge is 2.40. The second-order valence-corrected chi connectivity index (χ2v) is 5.35. The lowest BCUT2D eigenvalue weighted by molar-refractivity contribution is -0.152. The number of nitrogens with one attached hydrogen (secondary N) is 2. The predicted molar refractivity (Wildman–Crippen MR) is 69.1 cm³/mol. The molecule has 0 spiro atoms. The zero-order valence-corrected chi connectivity index (χ0v) is 11.4. The van der Waals surface area contributed by atoms with Crippen LogP contribution in [-0.4, -0.2) is 47.8 Å². The lowest BCUT2D eigenvalue weighted by atomic mass is 9.91. The van der Waals surface area contributed by atoms with Gasteiger partial charge >= 0.3 is 0 Å². The highest BCUT2D eigenvalue weighted by Crippen LogP contribution is 2.20. The lowest BCUT2D eigenvalue weighted by Gasteiger charge is -2.38. The highest BCUT2D eigenvalue weighted by atomic mass is 16.2. The largest absolute Gasteiger partial charge is 0.320 e. The molecule has 2 saturated heterocycles. The summed E-state index contributed by atoms with van der Waals surface area (Å²) in [5, 5.41) is 5.49. The highest BCUT2D eigenvalue weighted by molar-refractivity contribution is 6.04. The number of imide groups is 1. The summed E-state index contributed by atoms with van der Waals surface area (Å²) < 4.78 is 0. The van der Waals surface area contributed by atoms with Gasteiger partial charge in [-0.25, -0.2) is 0 Å². The molecule has 3 amide bonds. The fraction of sp³-hybridized carbons (Fsp3) is 0.769. The van der Waals surface area contributed by atoms with E-state index >= 15 is 0 Å². The van der Waals surface area contributed by atoms with E-state index in [9.17, 15) is 14.4 Å². The molecule has 0 aromatic rings. The van der Waals surface area contributed by atoms with Gasteiger partial charge < -0.3 is 10.2 Å². The van der Waals surface area contributed by atoms with Crippen LogP contribution in [0.15, 0.2) is 0 Å². The van der Waals surface area contributed by atoms with Crippen LogP contribution in [-0.2, 0) is 14.4 Å². The van der Waals surface area contributed by atoms with E-state index in [4.69, 9.17) is 0 Å². The number of rotatable bonds is 2. The minimum atomic E-state index is -0.527. The molecule has 2 aliphatic rings. The number of piperidine rings is 1. The van der Waals surface area contributed by atoms with Crippen LogP contribution in [0.1, 0.15) is 33.1 Å². The van der Waals surface area contributed by atoms with Crippen LogP contribution in [0, 0.1) is 5.92 Å². The molecule has 19 heavy (non-hydrogen) atoms. The zero-order valence-electron chi connectivity index (χ0n) is 11.4. The molecule has 0 aromatic heterocycles. The number of carbonyl (C=O) groups is 3. The molecule has 0 aliphatic carbocycles. The normalized spacial score (nSPS) is 32.1. The summed E-state index contributed by atoms with van der Waals surface area (Å²) in [5.41, 5.74) is 0. The van der Waals surface area contributed by atoms with Gasteiger partial charge in [0.25, 0.3) is 0 Å². The Morgan fingerprint density at radius 1 is 1.42 bits per heavy atom. The smallest absolute Gasteiger partial charge is 0.249 e. The van der Waals surface area contributed by atoms with Crippen LogP contribution < -0.4 is 10.6 Å². The maximum atomic E-state index is 12.6. The van der Waals surface area contributed by atoms with Gasteiger partial charge in [-0.2, -0.15) is 0 Å². The van der Waals surface area contributed by atoms with Gasteiger partial charge in [0.15, 0.2) is 0 Å². The molecule has 6 nitrogen and oxygen atoms in total. The van der Waals surface area contributed by atoms with Gasteiger partial charge in [0.2, 0.25) is 17.7 Å². The van der Waals surface area contributed by atoms with Gasteiger partial charge in [0, 0.05) is 0 Å². The van der Waals surface area contributed by atoms with E-state index in [0.29, 0.717) is 6.42 Å². The number of carbonyl (C=O) groups excluding carboxylic acids is 3. The first-order chi connectivity index (χ1) is 9.04. The molecular weight excluding hydrogens is 246 g/mol. The SMILES string of the molecule is CCC1C(=O)NC(=O)CN1C(=O)C1NCCCC1C. The van der Waals surface area contributed by atoms with Crippen LogP contribution in [0.3, 0.4) is 0 Å². The summed E-state index contributed by atoms with van der Waals surface area (Å²) in [6, 6.07) is -0.803. The van der Waals surface area contributed by atoms with Crippen LogP contribution in [0.5, 0.6) is 0 Å². The molecule has 2 fully saturated rings. The zero-order chi connectivity index (χ0) is 14.0. The van der Waals surface area contributed by atoms with Crippen LogP contribution in [0.2, 0.25) is 0 Å². The second-order valence-electron chi connectivity index (χ2n) is 5.35. The minimum Gasteiger partial charge on any atom is -0.320 e. The van der Waals surface area contributed by atoms with Crippen molar-refractivity contribution in [1.82, 2.24) is 15.5 Å². The molecule has 0 radical (unpaired) electrons. The first kappa shape index (κ1) is 14.0. The summed E-state index contributed by atoms with van der Waals surface area (Å²) in [5.74, 6) is -0.650. The van der Waals surface area contributed by atoms with E-state index in [1.54, 1.807) is 0 Å². The molecule has 6 heteroatoms. The molecule has 3 atom stereocenters. The second kappa shape index (κ2) is 5.69. The van der Waals surface area contributed by atoms with Gasteiger partial charge in [-0.05, 0) is 31.7 Å². The quantitative estimate of drug-likeness (QED) is 0.670. The maximum absolute atomic E-state index is 12.6. The fourth-order valence-corrected chi connectivity index (χ4v) is 2.86. The van der Waals surface area contributed by atoms with Crippen molar-refractivity contribution < 1.29 is 14.4 Å². The minimum absolute atomic E-state index is 0.0199. The summed E-state index contributed by atoms with van der Waals surface area (Å²) in [6.45, 7) is 4.67. The van der Waals surface area contributed by atoms with E-state index < -0.39 is 11.9 Å². The summed E-state index contributed by atoms with van der Waals surface area (Å²) >= 11 is 0. The third kappa shape index (κ3) is 2.78. The Hall–Kier alpha value is -1.43. The molecule has 3 unspecified atom stereocenters. The van der Waals surface area contributed by atoms with E-state index in [0.717, 1.165) is 19.4 Å². The number of piperazine rings is 1. The molecule has 2 N–H and O–H groups in total. The number of hydrogen-bond acceptors (Lipinski definition) is 4. The number of hydrogen-bond donors (Lipinski definition) is 2. The van der Waals surface area contributed by atoms with Crippen LogP contribution >= 0.6 is 0 Å². The van der Waals surface area contributed by atoms with Crippen LogP contribution in [0.4, 0.5) is 0 Å². The molecule has 0 aromatic carbocycles. The van der Waals surface area contributed by atoms with Gasteiger partial charge in [0.05, 0.1) is 6.04 Å². The van der Waals surface area contributed by atoms with Gasteiger partial charge in [-0.1, -0.05) is 13.8 Å². The Balaban J connectivity index is 2.15. The Labute approximate surface area is 112 Å². The third-order valence-electron chi connectivity index (χ3n) is 3.96. The monoisotopic (exact) mass is 267 g/mol. The van der Waals surface area contributed by atoms with E-state index in [2.05, 4.69) is 10.6 Å². The first-order valence-electron chi connectivity index (χ1n) is 6.92. The van der Waals surface area contributed by atoms with E-state index in [1.807, 2.05) is 13.8 Å². The average Bonchev–Trinajstić information content (AvgIpc) is 2.37.